The fourth-order valence-electron chi connectivity index (χ4n) is 1.57. The molecule has 1 rings (SSSR count). The van der Waals surface area contributed by atoms with Crippen molar-refractivity contribution in [3.63, 3.8) is 0 Å². The van der Waals surface area contributed by atoms with Crippen molar-refractivity contribution < 1.29 is 20.4 Å². The maximum Gasteiger partial charge on any atom is 0.329 e. The van der Waals surface area contributed by atoms with Crippen LogP contribution >= 0.6 is 0 Å². The summed E-state index contributed by atoms with van der Waals surface area (Å²) in [5.74, 6) is -0.896. The van der Waals surface area contributed by atoms with Gasteiger partial charge < -0.3 is 15.6 Å². The summed E-state index contributed by atoms with van der Waals surface area (Å²) >= 11 is 0. The Morgan fingerprint density at radius 2 is 2.17 bits per heavy atom. The molecule has 1 saturated carbocycles. The van der Waals surface area contributed by atoms with Gasteiger partial charge in [-0.15, -0.1) is 0 Å². The van der Waals surface area contributed by atoms with Crippen LogP contribution in [0.15, 0.2) is 0 Å². The number of carboxylic acids is 1. The molecule has 0 radical (unpaired) electrons. The van der Waals surface area contributed by atoms with Crippen molar-refractivity contribution in [1.29, 1.82) is 0 Å². The van der Waals surface area contributed by atoms with Crippen molar-refractivity contribution in [1.82, 2.24) is 0 Å². The van der Waals surface area contributed by atoms with Gasteiger partial charge in [-0.2, -0.15) is 0 Å². The molecule has 0 saturated heterocycles. The van der Waals surface area contributed by atoms with E-state index in [1.54, 1.807) is 0 Å². The maximum absolute atomic E-state index is 10.2. The van der Waals surface area contributed by atoms with Crippen LogP contribution in [0.2, 0.25) is 0 Å². The fourth-order valence-corrected chi connectivity index (χ4v) is 1.57. The van der Waals surface area contributed by atoms with Crippen LogP contribution in [0.4, 0.5) is 0 Å². The van der Waals surface area contributed by atoms with Crippen molar-refractivity contribution >= 4 is 5.97 Å². The van der Waals surface area contributed by atoms with Gasteiger partial charge in [0.15, 0.2) is 0 Å². The van der Waals surface area contributed by atoms with Crippen molar-refractivity contribution in [2.45, 2.75) is 37.8 Å². The SMILES string of the molecule is [NH3+][C@@H]1CCCC[C@H]1OCC(=O)O. The molecular weight excluding hydrogens is 158 g/mol. The first-order chi connectivity index (χ1) is 5.70. The van der Waals surface area contributed by atoms with Gasteiger partial charge in [-0.25, -0.2) is 4.79 Å². The predicted octanol–water partition coefficient (Wildman–Crippen LogP) is -0.359. The van der Waals surface area contributed by atoms with Crippen LogP contribution in [0.3, 0.4) is 0 Å². The summed E-state index contributed by atoms with van der Waals surface area (Å²) in [5.41, 5.74) is 3.94. The van der Waals surface area contributed by atoms with E-state index >= 15 is 0 Å². The number of carbonyl (C=O) groups is 1. The lowest BCUT2D eigenvalue weighted by Gasteiger charge is -2.25. The summed E-state index contributed by atoms with van der Waals surface area (Å²) in [6, 6.07) is 0.276. The average Bonchev–Trinajstić information content (AvgIpc) is 2.03. The van der Waals surface area contributed by atoms with E-state index in [4.69, 9.17) is 9.84 Å². The zero-order valence-electron chi connectivity index (χ0n) is 7.16. The zero-order chi connectivity index (χ0) is 8.97. The number of hydrogen-bond donors (Lipinski definition) is 2. The Bertz CT molecular complexity index is 160. The minimum atomic E-state index is -0.896. The number of ether oxygens (including phenoxy) is 1. The number of carboxylic acid groups (broad SMARTS) is 1. The molecule has 2 atom stereocenters. The molecular formula is C8H16NO3+. The lowest BCUT2D eigenvalue weighted by Crippen LogP contribution is -2.67. The monoisotopic (exact) mass is 174 g/mol. The quantitative estimate of drug-likeness (QED) is 0.613. The van der Waals surface area contributed by atoms with Gasteiger partial charge in [-0.3, -0.25) is 0 Å². The largest absolute Gasteiger partial charge is 0.480 e. The van der Waals surface area contributed by atoms with Crippen LogP contribution < -0.4 is 5.73 Å². The summed E-state index contributed by atoms with van der Waals surface area (Å²) in [6.07, 6.45) is 4.42. The van der Waals surface area contributed by atoms with E-state index in [2.05, 4.69) is 5.73 Å². The molecule has 1 aliphatic carbocycles. The standard InChI is InChI=1S/C8H15NO3/c9-6-3-1-2-4-7(6)12-5-8(10)11/h6-7H,1-5,9H2,(H,10,11)/p+1/t6-,7-/m1/s1. The fraction of sp³-hybridized carbons (Fsp3) is 0.875. The minimum absolute atomic E-state index is 0.0647. The molecule has 1 aliphatic rings. The maximum atomic E-state index is 10.2. The average molecular weight is 174 g/mol. The van der Waals surface area contributed by atoms with Gasteiger partial charge in [0, 0.05) is 6.42 Å². The van der Waals surface area contributed by atoms with E-state index in [0.29, 0.717) is 0 Å². The predicted molar refractivity (Wildman–Crippen MR) is 42.5 cm³/mol. The summed E-state index contributed by atoms with van der Waals surface area (Å²) in [7, 11) is 0. The van der Waals surface area contributed by atoms with Gasteiger partial charge in [0.2, 0.25) is 0 Å². The van der Waals surface area contributed by atoms with Crippen LogP contribution in [-0.4, -0.2) is 29.8 Å². The van der Waals surface area contributed by atoms with Crippen LogP contribution in [0.1, 0.15) is 25.7 Å². The van der Waals surface area contributed by atoms with Crippen LogP contribution in [0, 0.1) is 0 Å². The number of hydrogen-bond acceptors (Lipinski definition) is 2. The second-order valence-corrected chi connectivity index (χ2v) is 3.29. The van der Waals surface area contributed by atoms with E-state index in [9.17, 15) is 4.79 Å². The molecule has 0 amide bonds. The third-order valence-corrected chi connectivity index (χ3v) is 2.26. The highest BCUT2D eigenvalue weighted by atomic mass is 16.5. The van der Waals surface area contributed by atoms with Gasteiger partial charge in [0.25, 0.3) is 0 Å². The third kappa shape index (κ3) is 2.79. The highest BCUT2D eigenvalue weighted by molar-refractivity contribution is 5.68. The minimum Gasteiger partial charge on any atom is -0.480 e. The molecule has 0 aromatic heterocycles. The lowest BCUT2D eigenvalue weighted by molar-refractivity contribution is -0.444. The molecule has 4 heteroatoms. The number of aliphatic carboxylic acids is 1. The van der Waals surface area contributed by atoms with Crippen LogP contribution in [0.5, 0.6) is 0 Å². The molecule has 1 fully saturated rings. The van der Waals surface area contributed by atoms with Crippen LogP contribution in [-0.2, 0) is 9.53 Å². The Morgan fingerprint density at radius 3 is 2.75 bits per heavy atom. The topological polar surface area (TPSA) is 74.2 Å². The molecule has 0 aliphatic heterocycles. The van der Waals surface area contributed by atoms with Gasteiger partial charge >= 0.3 is 5.97 Å². The Hall–Kier alpha value is -0.610. The van der Waals surface area contributed by atoms with Gasteiger partial charge in [0.1, 0.15) is 18.8 Å². The smallest absolute Gasteiger partial charge is 0.329 e. The molecule has 4 nitrogen and oxygen atoms in total. The molecule has 0 bridgehead atoms. The molecule has 0 spiro atoms. The van der Waals surface area contributed by atoms with Gasteiger partial charge in [-0.1, -0.05) is 6.42 Å². The highest BCUT2D eigenvalue weighted by Crippen LogP contribution is 2.18. The molecule has 0 aromatic carbocycles. The van der Waals surface area contributed by atoms with Crippen molar-refractivity contribution in [2.75, 3.05) is 6.61 Å². The van der Waals surface area contributed by atoms with E-state index < -0.39 is 5.97 Å². The molecule has 0 aromatic rings. The Morgan fingerprint density at radius 1 is 1.50 bits per heavy atom. The van der Waals surface area contributed by atoms with Crippen molar-refractivity contribution in [3.05, 3.63) is 0 Å². The van der Waals surface area contributed by atoms with E-state index in [0.717, 1.165) is 19.3 Å². The van der Waals surface area contributed by atoms with Gasteiger partial charge in [0.05, 0.1) is 0 Å². The second kappa shape index (κ2) is 4.42. The first-order valence-electron chi connectivity index (χ1n) is 4.36. The lowest BCUT2D eigenvalue weighted by atomic mass is 9.93. The van der Waals surface area contributed by atoms with E-state index in [1.807, 2.05) is 0 Å². The van der Waals surface area contributed by atoms with Crippen molar-refractivity contribution in [2.24, 2.45) is 0 Å². The molecule has 4 N–H and O–H groups in total. The molecule has 0 heterocycles. The Kier molecular flexibility index (Phi) is 3.49. The molecule has 0 unspecified atom stereocenters. The molecule has 70 valence electrons. The zero-order valence-corrected chi connectivity index (χ0v) is 7.16. The molecule has 12 heavy (non-hydrogen) atoms. The first kappa shape index (κ1) is 9.48. The van der Waals surface area contributed by atoms with Crippen LogP contribution in [0.25, 0.3) is 0 Å². The van der Waals surface area contributed by atoms with E-state index in [1.165, 1.54) is 6.42 Å². The normalized spacial score (nSPS) is 30.1. The number of quaternary nitrogens is 1. The Labute approximate surface area is 71.7 Å². The summed E-state index contributed by atoms with van der Waals surface area (Å²) < 4.78 is 5.19. The first-order valence-corrected chi connectivity index (χ1v) is 4.36. The van der Waals surface area contributed by atoms with Gasteiger partial charge in [-0.05, 0) is 12.8 Å². The summed E-state index contributed by atoms with van der Waals surface area (Å²) in [5, 5.41) is 8.38. The van der Waals surface area contributed by atoms with E-state index in [-0.39, 0.29) is 18.8 Å². The highest BCUT2D eigenvalue weighted by Gasteiger charge is 2.25. The Balaban J connectivity index is 2.24. The third-order valence-electron chi connectivity index (χ3n) is 2.26. The summed E-state index contributed by atoms with van der Waals surface area (Å²) in [6.45, 7) is -0.184. The second-order valence-electron chi connectivity index (χ2n) is 3.29. The number of rotatable bonds is 3. The van der Waals surface area contributed by atoms with Crippen molar-refractivity contribution in [3.8, 4) is 0 Å². The summed E-state index contributed by atoms with van der Waals surface area (Å²) in [4.78, 5) is 10.2.